The molecule has 0 unspecified atom stereocenters. The standard InChI is InChI=1S/C15H13ClFNO2/c16-11-4-3-5-12(10-11)20-9-8-15(19)18-14-7-2-1-6-13(14)17/h1-7,10H,8-9H2,(H,18,19). The van der Waals surface area contributed by atoms with Crippen LogP contribution in [0.2, 0.25) is 5.02 Å². The predicted octanol–water partition coefficient (Wildman–Crippen LogP) is 3.89. The first-order valence-electron chi connectivity index (χ1n) is 6.08. The average molecular weight is 294 g/mol. The zero-order chi connectivity index (χ0) is 14.4. The topological polar surface area (TPSA) is 38.3 Å². The molecule has 20 heavy (non-hydrogen) atoms. The van der Waals surface area contributed by atoms with Gasteiger partial charge >= 0.3 is 0 Å². The van der Waals surface area contributed by atoms with E-state index in [1.54, 1.807) is 36.4 Å². The molecule has 0 bridgehead atoms. The van der Waals surface area contributed by atoms with E-state index in [0.717, 1.165) is 0 Å². The Balaban J connectivity index is 1.80. The lowest BCUT2D eigenvalue weighted by Gasteiger charge is -2.08. The Morgan fingerprint density at radius 2 is 2.00 bits per heavy atom. The minimum absolute atomic E-state index is 0.126. The quantitative estimate of drug-likeness (QED) is 0.908. The summed E-state index contributed by atoms with van der Waals surface area (Å²) < 4.78 is 18.7. The summed E-state index contributed by atoms with van der Waals surface area (Å²) in [6, 6.07) is 12.9. The summed E-state index contributed by atoms with van der Waals surface area (Å²) in [5.41, 5.74) is 0.167. The molecule has 2 aromatic carbocycles. The Kier molecular flexibility index (Phi) is 4.96. The number of nitrogens with one attached hydrogen (secondary N) is 1. The van der Waals surface area contributed by atoms with Crippen LogP contribution in [0.15, 0.2) is 48.5 Å². The highest BCUT2D eigenvalue weighted by molar-refractivity contribution is 6.30. The summed E-state index contributed by atoms with van der Waals surface area (Å²) in [5.74, 6) is -0.176. The van der Waals surface area contributed by atoms with Crippen LogP contribution in [-0.2, 0) is 4.79 Å². The number of anilines is 1. The number of hydrogen-bond donors (Lipinski definition) is 1. The van der Waals surface area contributed by atoms with Crippen molar-refractivity contribution in [3.63, 3.8) is 0 Å². The van der Waals surface area contributed by atoms with Gasteiger partial charge in [-0.05, 0) is 30.3 Å². The Morgan fingerprint density at radius 3 is 2.75 bits per heavy atom. The zero-order valence-electron chi connectivity index (χ0n) is 10.6. The van der Waals surface area contributed by atoms with Crippen LogP contribution < -0.4 is 10.1 Å². The largest absolute Gasteiger partial charge is 0.493 e. The van der Waals surface area contributed by atoms with Gasteiger partial charge in [-0.25, -0.2) is 4.39 Å². The number of para-hydroxylation sites is 1. The van der Waals surface area contributed by atoms with Crippen molar-refractivity contribution in [1.29, 1.82) is 0 Å². The molecule has 3 nitrogen and oxygen atoms in total. The predicted molar refractivity (Wildman–Crippen MR) is 76.6 cm³/mol. The first-order valence-corrected chi connectivity index (χ1v) is 6.46. The molecule has 2 rings (SSSR count). The van der Waals surface area contributed by atoms with E-state index in [-0.39, 0.29) is 24.6 Å². The maximum Gasteiger partial charge on any atom is 0.227 e. The van der Waals surface area contributed by atoms with Gasteiger partial charge in [-0.2, -0.15) is 0 Å². The van der Waals surface area contributed by atoms with Crippen LogP contribution in [-0.4, -0.2) is 12.5 Å². The van der Waals surface area contributed by atoms with Crippen LogP contribution in [0.25, 0.3) is 0 Å². The lowest BCUT2D eigenvalue weighted by atomic mass is 10.3. The second-order valence-corrected chi connectivity index (χ2v) is 4.52. The number of hydrogen-bond acceptors (Lipinski definition) is 2. The molecule has 0 heterocycles. The van der Waals surface area contributed by atoms with E-state index in [1.807, 2.05) is 0 Å². The highest BCUT2D eigenvalue weighted by Crippen LogP contribution is 2.17. The fourth-order valence-corrected chi connectivity index (χ4v) is 1.77. The van der Waals surface area contributed by atoms with Gasteiger partial charge in [-0.3, -0.25) is 4.79 Å². The van der Waals surface area contributed by atoms with Crippen molar-refractivity contribution >= 4 is 23.2 Å². The molecular weight excluding hydrogens is 281 g/mol. The SMILES string of the molecule is O=C(CCOc1cccc(Cl)c1)Nc1ccccc1F. The van der Waals surface area contributed by atoms with Gasteiger partial charge in [0.2, 0.25) is 5.91 Å². The molecule has 104 valence electrons. The number of carbonyl (C=O) groups is 1. The van der Waals surface area contributed by atoms with Crippen LogP contribution in [0, 0.1) is 5.82 Å². The lowest BCUT2D eigenvalue weighted by Crippen LogP contribution is -2.15. The third-order valence-electron chi connectivity index (χ3n) is 2.54. The fraction of sp³-hybridized carbons (Fsp3) is 0.133. The summed E-state index contributed by atoms with van der Waals surface area (Å²) in [7, 11) is 0. The molecule has 1 amide bonds. The minimum Gasteiger partial charge on any atom is -0.493 e. The minimum atomic E-state index is -0.461. The maximum absolute atomic E-state index is 13.3. The van der Waals surface area contributed by atoms with Crippen molar-refractivity contribution < 1.29 is 13.9 Å². The van der Waals surface area contributed by atoms with Gasteiger partial charge < -0.3 is 10.1 Å². The van der Waals surface area contributed by atoms with Crippen molar-refractivity contribution in [1.82, 2.24) is 0 Å². The van der Waals surface area contributed by atoms with Gasteiger partial charge in [0, 0.05) is 5.02 Å². The molecule has 0 spiro atoms. The molecule has 0 radical (unpaired) electrons. The lowest BCUT2D eigenvalue weighted by molar-refractivity contribution is -0.116. The normalized spacial score (nSPS) is 10.1. The maximum atomic E-state index is 13.3. The number of carbonyl (C=O) groups excluding carboxylic acids is 1. The van der Waals surface area contributed by atoms with Crippen LogP contribution >= 0.6 is 11.6 Å². The van der Waals surface area contributed by atoms with Crippen molar-refractivity contribution in [3.05, 3.63) is 59.4 Å². The van der Waals surface area contributed by atoms with E-state index in [4.69, 9.17) is 16.3 Å². The number of halogens is 2. The smallest absolute Gasteiger partial charge is 0.227 e. The van der Waals surface area contributed by atoms with Gasteiger partial charge in [0.15, 0.2) is 0 Å². The Morgan fingerprint density at radius 1 is 1.20 bits per heavy atom. The van der Waals surface area contributed by atoms with E-state index in [1.165, 1.54) is 12.1 Å². The van der Waals surface area contributed by atoms with Crippen molar-refractivity contribution in [2.24, 2.45) is 0 Å². The number of benzene rings is 2. The molecule has 1 N–H and O–H groups in total. The second kappa shape index (κ2) is 6.91. The van der Waals surface area contributed by atoms with Crippen molar-refractivity contribution in [2.75, 3.05) is 11.9 Å². The summed E-state index contributed by atoms with van der Waals surface area (Å²) >= 11 is 5.81. The van der Waals surface area contributed by atoms with Gasteiger partial charge in [-0.1, -0.05) is 29.8 Å². The average Bonchev–Trinajstić information content (AvgIpc) is 2.41. The number of amides is 1. The van der Waals surface area contributed by atoms with E-state index in [2.05, 4.69) is 5.32 Å². The molecule has 0 aliphatic rings. The summed E-state index contributed by atoms with van der Waals surface area (Å²) in [6.45, 7) is 0.195. The third kappa shape index (κ3) is 4.24. The third-order valence-corrected chi connectivity index (χ3v) is 2.78. The molecule has 0 saturated carbocycles. The van der Waals surface area contributed by atoms with Gasteiger partial charge in [-0.15, -0.1) is 0 Å². The zero-order valence-corrected chi connectivity index (χ0v) is 11.4. The highest BCUT2D eigenvalue weighted by Gasteiger charge is 2.06. The van der Waals surface area contributed by atoms with Crippen LogP contribution in [0.5, 0.6) is 5.75 Å². The second-order valence-electron chi connectivity index (χ2n) is 4.08. The monoisotopic (exact) mass is 293 g/mol. The van der Waals surface area contributed by atoms with E-state index in [0.29, 0.717) is 10.8 Å². The first-order chi connectivity index (χ1) is 9.65. The summed E-state index contributed by atoms with van der Waals surface area (Å²) in [6.07, 6.45) is 0.126. The molecular formula is C15H13ClFNO2. The fourth-order valence-electron chi connectivity index (χ4n) is 1.59. The number of ether oxygens (including phenoxy) is 1. The summed E-state index contributed by atoms with van der Waals surface area (Å²) in [4.78, 5) is 11.6. The molecule has 0 aromatic heterocycles. The molecule has 0 saturated heterocycles. The van der Waals surface area contributed by atoms with E-state index < -0.39 is 5.82 Å². The van der Waals surface area contributed by atoms with Crippen molar-refractivity contribution in [2.45, 2.75) is 6.42 Å². The molecule has 0 atom stereocenters. The molecule has 0 aliphatic carbocycles. The Bertz CT molecular complexity index is 604. The van der Waals surface area contributed by atoms with Crippen LogP contribution in [0.3, 0.4) is 0 Å². The Labute approximate surface area is 121 Å². The number of rotatable bonds is 5. The van der Waals surface area contributed by atoms with E-state index in [9.17, 15) is 9.18 Å². The van der Waals surface area contributed by atoms with Gasteiger partial charge in [0.1, 0.15) is 11.6 Å². The molecule has 0 fully saturated rings. The molecule has 2 aromatic rings. The summed E-state index contributed by atoms with van der Waals surface area (Å²) in [5, 5.41) is 3.06. The Hall–Kier alpha value is -2.07. The highest BCUT2D eigenvalue weighted by atomic mass is 35.5. The molecule has 0 aliphatic heterocycles. The van der Waals surface area contributed by atoms with Gasteiger partial charge in [0.25, 0.3) is 0 Å². The molecule has 5 heteroatoms. The van der Waals surface area contributed by atoms with Gasteiger partial charge in [0.05, 0.1) is 18.7 Å². The van der Waals surface area contributed by atoms with Crippen LogP contribution in [0.1, 0.15) is 6.42 Å². The van der Waals surface area contributed by atoms with E-state index >= 15 is 0 Å². The first kappa shape index (κ1) is 14.3. The van der Waals surface area contributed by atoms with Crippen molar-refractivity contribution in [3.8, 4) is 5.75 Å². The van der Waals surface area contributed by atoms with Crippen LogP contribution in [0.4, 0.5) is 10.1 Å².